The van der Waals surface area contributed by atoms with Gasteiger partial charge in [0, 0.05) is 18.6 Å². The number of amides is 1. The molecule has 3 unspecified atom stereocenters. The first-order chi connectivity index (χ1) is 8.66. The van der Waals surface area contributed by atoms with Gasteiger partial charge in [0.1, 0.15) is 0 Å². The molecule has 0 saturated carbocycles. The summed E-state index contributed by atoms with van der Waals surface area (Å²) in [4.78, 5) is 17.2. The van der Waals surface area contributed by atoms with Gasteiger partial charge in [-0.1, -0.05) is 13.8 Å². The minimum Gasteiger partial charge on any atom is -0.324 e. The average Bonchev–Trinajstić information content (AvgIpc) is 2.96. The fourth-order valence-electron chi connectivity index (χ4n) is 3.93. The molecule has 3 aliphatic rings. The number of nitrogens with zero attached hydrogens (tertiary/aromatic N) is 2. The molecule has 3 aliphatic heterocycles. The summed E-state index contributed by atoms with van der Waals surface area (Å²) in [5.74, 6) is 0.931. The molecule has 3 atom stereocenters. The molecule has 0 aliphatic carbocycles. The Labute approximate surface area is 110 Å². The van der Waals surface area contributed by atoms with Crippen molar-refractivity contribution in [3.05, 3.63) is 0 Å². The molecular weight excluding hydrogens is 226 g/mol. The van der Waals surface area contributed by atoms with Crippen LogP contribution >= 0.6 is 0 Å². The number of rotatable bonds is 3. The van der Waals surface area contributed by atoms with Crippen molar-refractivity contribution < 1.29 is 4.79 Å². The van der Waals surface area contributed by atoms with E-state index >= 15 is 0 Å². The number of hydrogen-bond donors (Lipinski definition) is 1. The molecule has 0 aromatic heterocycles. The topological polar surface area (TPSA) is 35.6 Å². The fraction of sp³-hybridized carbons (Fsp3) is 0.929. The third kappa shape index (κ3) is 2.05. The quantitative estimate of drug-likeness (QED) is 0.813. The zero-order valence-corrected chi connectivity index (χ0v) is 11.6. The normalized spacial score (nSPS) is 36.9. The highest BCUT2D eigenvalue weighted by Gasteiger charge is 2.45. The van der Waals surface area contributed by atoms with Crippen LogP contribution in [0.5, 0.6) is 0 Å². The largest absolute Gasteiger partial charge is 0.324 e. The summed E-state index contributed by atoms with van der Waals surface area (Å²) < 4.78 is 0. The van der Waals surface area contributed by atoms with Gasteiger partial charge in [0.05, 0.1) is 12.7 Å². The van der Waals surface area contributed by atoms with E-state index in [0.717, 1.165) is 13.1 Å². The molecular formula is C14H25N3O. The van der Waals surface area contributed by atoms with E-state index in [9.17, 15) is 4.79 Å². The summed E-state index contributed by atoms with van der Waals surface area (Å²) in [6.45, 7) is 7.57. The second-order valence-electron chi connectivity index (χ2n) is 6.45. The molecule has 0 radical (unpaired) electrons. The van der Waals surface area contributed by atoms with Crippen molar-refractivity contribution in [2.24, 2.45) is 5.92 Å². The molecule has 18 heavy (non-hydrogen) atoms. The zero-order chi connectivity index (χ0) is 12.7. The van der Waals surface area contributed by atoms with Gasteiger partial charge >= 0.3 is 0 Å². The summed E-state index contributed by atoms with van der Waals surface area (Å²) in [7, 11) is 0. The van der Waals surface area contributed by atoms with Gasteiger partial charge in [-0.3, -0.25) is 15.0 Å². The molecule has 1 N–H and O–H groups in total. The van der Waals surface area contributed by atoms with Gasteiger partial charge in [-0.15, -0.1) is 0 Å². The lowest BCUT2D eigenvalue weighted by Gasteiger charge is -2.29. The first-order valence-electron chi connectivity index (χ1n) is 7.44. The maximum Gasteiger partial charge on any atom is 0.241 e. The minimum absolute atomic E-state index is 0.0699. The lowest BCUT2D eigenvalue weighted by molar-refractivity contribution is -0.131. The van der Waals surface area contributed by atoms with E-state index in [2.05, 4.69) is 29.0 Å². The third-order valence-corrected chi connectivity index (χ3v) is 4.77. The van der Waals surface area contributed by atoms with Gasteiger partial charge in [-0.25, -0.2) is 0 Å². The predicted molar refractivity (Wildman–Crippen MR) is 71.1 cm³/mol. The Kier molecular flexibility index (Phi) is 3.32. The van der Waals surface area contributed by atoms with E-state index in [0.29, 0.717) is 23.9 Å². The highest BCUT2D eigenvalue weighted by atomic mass is 16.2. The van der Waals surface area contributed by atoms with E-state index in [1.807, 2.05) is 0 Å². The number of carbonyl (C=O) groups excluding carboxylic acids is 1. The Morgan fingerprint density at radius 1 is 1.28 bits per heavy atom. The second kappa shape index (κ2) is 4.82. The van der Waals surface area contributed by atoms with Crippen molar-refractivity contribution in [2.75, 3.05) is 19.8 Å². The fourth-order valence-corrected chi connectivity index (χ4v) is 3.93. The Hall–Kier alpha value is -0.610. The number of nitrogens with one attached hydrogen (secondary N) is 1. The Morgan fingerprint density at radius 2 is 2.11 bits per heavy atom. The van der Waals surface area contributed by atoms with Crippen LogP contribution in [0.3, 0.4) is 0 Å². The van der Waals surface area contributed by atoms with Crippen LogP contribution < -0.4 is 5.32 Å². The smallest absolute Gasteiger partial charge is 0.241 e. The van der Waals surface area contributed by atoms with E-state index < -0.39 is 0 Å². The van der Waals surface area contributed by atoms with Crippen molar-refractivity contribution in [1.29, 1.82) is 0 Å². The van der Waals surface area contributed by atoms with Crippen LogP contribution in [0.1, 0.15) is 39.5 Å². The highest BCUT2D eigenvalue weighted by molar-refractivity contribution is 5.84. The van der Waals surface area contributed by atoms with Crippen molar-refractivity contribution in [1.82, 2.24) is 15.1 Å². The summed E-state index contributed by atoms with van der Waals surface area (Å²) >= 11 is 0. The number of carbonyl (C=O) groups is 1. The van der Waals surface area contributed by atoms with Crippen LogP contribution in [0.25, 0.3) is 0 Å². The summed E-state index contributed by atoms with van der Waals surface area (Å²) in [6, 6.07) is 1.19. The second-order valence-corrected chi connectivity index (χ2v) is 6.45. The first-order valence-corrected chi connectivity index (χ1v) is 7.44. The van der Waals surface area contributed by atoms with Crippen LogP contribution in [-0.2, 0) is 4.79 Å². The summed E-state index contributed by atoms with van der Waals surface area (Å²) in [5.41, 5.74) is 0. The SMILES string of the molecule is CC(C)CC1NCN(C2CCN3CCCC23)C1=O. The van der Waals surface area contributed by atoms with Crippen molar-refractivity contribution in [3.8, 4) is 0 Å². The molecule has 4 nitrogen and oxygen atoms in total. The number of hydrogen-bond acceptors (Lipinski definition) is 3. The molecule has 102 valence electrons. The number of fused-ring (bicyclic) bond motifs is 1. The van der Waals surface area contributed by atoms with Gasteiger partial charge in [-0.2, -0.15) is 0 Å². The van der Waals surface area contributed by atoms with Gasteiger partial charge in [0.2, 0.25) is 5.91 Å². The van der Waals surface area contributed by atoms with E-state index in [1.165, 1.54) is 32.4 Å². The molecule has 4 heteroatoms. The molecule has 0 aromatic carbocycles. The van der Waals surface area contributed by atoms with Crippen molar-refractivity contribution >= 4 is 5.91 Å². The molecule has 0 aromatic rings. The van der Waals surface area contributed by atoms with Crippen LogP contribution in [0.2, 0.25) is 0 Å². The van der Waals surface area contributed by atoms with Crippen LogP contribution in [0.15, 0.2) is 0 Å². The maximum atomic E-state index is 12.5. The molecule has 3 rings (SSSR count). The monoisotopic (exact) mass is 251 g/mol. The Morgan fingerprint density at radius 3 is 2.89 bits per heavy atom. The standard InChI is InChI=1S/C14H25N3O/c1-10(2)8-11-14(18)17(9-15-11)13-5-7-16-6-3-4-12(13)16/h10-13,15H,3-9H2,1-2H3. The van der Waals surface area contributed by atoms with E-state index in [-0.39, 0.29) is 6.04 Å². The molecule has 1 amide bonds. The lowest BCUT2D eigenvalue weighted by atomic mass is 10.0. The summed E-state index contributed by atoms with van der Waals surface area (Å²) in [6.07, 6.45) is 4.73. The van der Waals surface area contributed by atoms with Gasteiger partial charge < -0.3 is 4.90 Å². The first kappa shape index (κ1) is 12.4. The molecule has 0 spiro atoms. The Balaban J connectivity index is 1.65. The zero-order valence-electron chi connectivity index (χ0n) is 11.6. The maximum absolute atomic E-state index is 12.5. The van der Waals surface area contributed by atoms with Crippen molar-refractivity contribution in [3.63, 3.8) is 0 Å². The predicted octanol–water partition coefficient (Wildman–Crippen LogP) is 1.03. The molecule has 3 fully saturated rings. The summed E-state index contributed by atoms with van der Waals surface area (Å²) in [5, 5.41) is 3.40. The van der Waals surface area contributed by atoms with Crippen LogP contribution in [0, 0.1) is 5.92 Å². The molecule has 3 saturated heterocycles. The van der Waals surface area contributed by atoms with Crippen molar-refractivity contribution in [2.45, 2.75) is 57.7 Å². The van der Waals surface area contributed by atoms with Crippen LogP contribution in [-0.4, -0.2) is 53.6 Å². The Bertz CT molecular complexity index is 331. The van der Waals surface area contributed by atoms with Crippen LogP contribution in [0.4, 0.5) is 0 Å². The lowest BCUT2D eigenvalue weighted by Crippen LogP contribution is -2.44. The minimum atomic E-state index is 0.0699. The third-order valence-electron chi connectivity index (χ3n) is 4.77. The van der Waals surface area contributed by atoms with E-state index in [1.54, 1.807) is 0 Å². The van der Waals surface area contributed by atoms with Gasteiger partial charge in [0.25, 0.3) is 0 Å². The van der Waals surface area contributed by atoms with Gasteiger partial charge in [0.15, 0.2) is 0 Å². The molecule has 0 bridgehead atoms. The van der Waals surface area contributed by atoms with Gasteiger partial charge in [-0.05, 0) is 38.1 Å². The highest BCUT2D eigenvalue weighted by Crippen LogP contribution is 2.32. The van der Waals surface area contributed by atoms with E-state index in [4.69, 9.17) is 0 Å². The average molecular weight is 251 g/mol. The molecule has 3 heterocycles.